The molecule has 30 heavy (non-hydrogen) atoms. The first-order valence-electron chi connectivity index (χ1n) is 9.53. The van der Waals surface area contributed by atoms with Crippen LogP contribution in [0.2, 0.25) is 0 Å². The van der Waals surface area contributed by atoms with Crippen LogP contribution in [0.25, 0.3) is 10.9 Å². The van der Waals surface area contributed by atoms with Crippen molar-refractivity contribution in [1.82, 2.24) is 10.3 Å². The van der Waals surface area contributed by atoms with Crippen LogP contribution in [-0.4, -0.2) is 22.8 Å². The zero-order valence-electron chi connectivity index (χ0n) is 15.9. The van der Waals surface area contributed by atoms with Crippen LogP contribution in [0.4, 0.5) is 0 Å². The molecule has 0 bridgehead atoms. The van der Waals surface area contributed by atoms with E-state index >= 15 is 0 Å². The number of nitrogens with one attached hydrogen (secondary N) is 1. The van der Waals surface area contributed by atoms with Gasteiger partial charge in [-0.3, -0.25) is 9.78 Å². The van der Waals surface area contributed by atoms with Gasteiger partial charge in [0.15, 0.2) is 11.5 Å². The highest BCUT2D eigenvalue weighted by atomic mass is 16.7. The van der Waals surface area contributed by atoms with Crippen molar-refractivity contribution in [2.24, 2.45) is 0 Å². The summed E-state index contributed by atoms with van der Waals surface area (Å²) in [6, 6.07) is 21.2. The van der Waals surface area contributed by atoms with Crippen molar-refractivity contribution in [2.45, 2.75) is 6.04 Å². The van der Waals surface area contributed by atoms with Crippen LogP contribution in [0, 0.1) is 0 Å². The minimum Gasteiger partial charge on any atom is -0.505 e. The zero-order chi connectivity index (χ0) is 20.5. The summed E-state index contributed by atoms with van der Waals surface area (Å²) in [5.74, 6) is 1.03. The number of ether oxygens (including phenoxy) is 2. The van der Waals surface area contributed by atoms with Crippen LogP contribution >= 0.6 is 0 Å². The number of nitrogens with zero attached hydrogens (tertiary/aromatic N) is 1. The van der Waals surface area contributed by atoms with Gasteiger partial charge in [0.05, 0.1) is 6.04 Å². The molecule has 0 saturated heterocycles. The van der Waals surface area contributed by atoms with Crippen LogP contribution in [-0.2, 0) is 0 Å². The maximum Gasteiger partial charge on any atom is 0.252 e. The number of rotatable bonds is 4. The second kappa shape index (κ2) is 7.40. The van der Waals surface area contributed by atoms with Gasteiger partial charge < -0.3 is 19.9 Å². The van der Waals surface area contributed by atoms with Gasteiger partial charge in [0, 0.05) is 22.7 Å². The topological polar surface area (TPSA) is 80.7 Å². The third-order valence-corrected chi connectivity index (χ3v) is 5.13. The average molecular weight is 398 g/mol. The molecule has 1 atom stereocenters. The van der Waals surface area contributed by atoms with Crippen molar-refractivity contribution in [3.8, 4) is 17.2 Å². The molecule has 1 aliphatic rings. The molecule has 2 N–H and O–H groups in total. The quantitative estimate of drug-likeness (QED) is 0.539. The number of hydrogen-bond acceptors (Lipinski definition) is 5. The highest BCUT2D eigenvalue weighted by Crippen LogP contribution is 2.39. The van der Waals surface area contributed by atoms with E-state index in [-0.39, 0.29) is 18.4 Å². The van der Waals surface area contributed by atoms with Gasteiger partial charge in [-0.05, 0) is 35.9 Å². The largest absolute Gasteiger partial charge is 0.505 e. The molecule has 0 radical (unpaired) electrons. The molecule has 6 heteroatoms. The number of carbonyl (C=O) groups is 1. The van der Waals surface area contributed by atoms with Gasteiger partial charge >= 0.3 is 0 Å². The van der Waals surface area contributed by atoms with Crippen molar-refractivity contribution >= 4 is 16.8 Å². The Balaban J connectivity index is 1.61. The van der Waals surface area contributed by atoms with Gasteiger partial charge in [-0.15, -0.1) is 0 Å². The third-order valence-electron chi connectivity index (χ3n) is 5.13. The van der Waals surface area contributed by atoms with E-state index in [9.17, 15) is 9.90 Å². The van der Waals surface area contributed by atoms with E-state index in [0.29, 0.717) is 28.1 Å². The predicted octanol–water partition coefficient (Wildman–Crippen LogP) is 4.19. The molecule has 5 rings (SSSR count). The Bertz CT molecular complexity index is 1240. The van der Waals surface area contributed by atoms with Gasteiger partial charge in [-0.1, -0.05) is 42.5 Å². The van der Waals surface area contributed by atoms with E-state index in [4.69, 9.17) is 9.47 Å². The summed E-state index contributed by atoms with van der Waals surface area (Å²) in [6.45, 7) is 0.158. The molecule has 0 aliphatic carbocycles. The summed E-state index contributed by atoms with van der Waals surface area (Å²) < 4.78 is 10.9. The molecule has 1 amide bonds. The number of carbonyl (C=O) groups excluding carboxylic acids is 1. The average Bonchev–Trinajstić information content (AvgIpc) is 3.27. The first-order valence-corrected chi connectivity index (χ1v) is 9.53. The third kappa shape index (κ3) is 3.18. The Morgan fingerprint density at radius 3 is 2.67 bits per heavy atom. The van der Waals surface area contributed by atoms with Crippen molar-refractivity contribution in [3.05, 3.63) is 95.7 Å². The summed E-state index contributed by atoms with van der Waals surface area (Å²) in [7, 11) is 0. The second-order valence-electron chi connectivity index (χ2n) is 6.96. The molecule has 3 aromatic carbocycles. The van der Waals surface area contributed by atoms with Gasteiger partial charge in [0.1, 0.15) is 11.3 Å². The van der Waals surface area contributed by atoms with Crippen molar-refractivity contribution < 1.29 is 19.4 Å². The predicted molar refractivity (Wildman–Crippen MR) is 112 cm³/mol. The second-order valence-corrected chi connectivity index (χ2v) is 6.96. The molecule has 0 unspecified atom stereocenters. The van der Waals surface area contributed by atoms with Crippen LogP contribution in [0.15, 0.2) is 79.0 Å². The van der Waals surface area contributed by atoms with Crippen molar-refractivity contribution in [1.29, 1.82) is 0 Å². The SMILES string of the molecule is O=C(N[C@H](c1ccc2c(c1)OCO2)c1ccc2cccnc2c1O)c1ccccc1. The first kappa shape index (κ1) is 18.0. The van der Waals surface area contributed by atoms with Crippen LogP contribution in [0.5, 0.6) is 17.2 Å². The standard InChI is InChI=1S/C24H18N2O4/c27-23-18(10-8-15-7-4-12-25-22(15)23)21(26-24(28)16-5-2-1-3-6-16)17-9-11-19-20(13-17)30-14-29-19/h1-13,21,27H,14H2,(H,26,28)/t21-/m1/s1. The molecule has 6 nitrogen and oxygen atoms in total. The lowest BCUT2D eigenvalue weighted by atomic mass is 9.95. The highest BCUT2D eigenvalue weighted by molar-refractivity contribution is 5.95. The van der Waals surface area contributed by atoms with Crippen molar-refractivity contribution in [3.63, 3.8) is 0 Å². The minimum atomic E-state index is -0.612. The van der Waals surface area contributed by atoms with E-state index in [0.717, 1.165) is 10.9 Å². The van der Waals surface area contributed by atoms with Crippen LogP contribution < -0.4 is 14.8 Å². The fourth-order valence-corrected chi connectivity index (χ4v) is 3.62. The number of amides is 1. The number of aromatic hydroxyl groups is 1. The van der Waals surface area contributed by atoms with Crippen molar-refractivity contribution in [2.75, 3.05) is 6.79 Å². The summed E-state index contributed by atoms with van der Waals surface area (Å²) in [6.07, 6.45) is 1.63. The Morgan fingerprint density at radius 1 is 0.967 bits per heavy atom. The van der Waals surface area contributed by atoms with E-state index in [1.807, 2.05) is 48.5 Å². The number of pyridine rings is 1. The van der Waals surface area contributed by atoms with Crippen LogP contribution in [0.3, 0.4) is 0 Å². The lowest BCUT2D eigenvalue weighted by molar-refractivity contribution is 0.0942. The minimum absolute atomic E-state index is 0.0316. The summed E-state index contributed by atoms with van der Waals surface area (Å²) in [4.78, 5) is 17.3. The lowest BCUT2D eigenvalue weighted by Crippen LogP contribution is -2.29. The molecular weight excluding hydrogens is 380 g/mol. The molecule has 0 spiro atoms. The molecule has 0 fully saturated rings. The Hall–Kier alpha value is -4.06. The highest BCUT2D eigenvalue weighted by Gasteiger charge is 2.25. The molecule has 148 valence electrons. The Kier molecular flexibility index (Phi) is 4.44. The maximum absolute atomic E-state index is 12.9. The fraction of sp³-hybridized carbons (Fsp3) is 0.0833. The smallest absolute Gasteiger partial charge is 0.252 e. The van der Waals surface area contributed by atoms with E-state index in [2.05, 4.69) is 10.3 Å². The number of aromatic nitrogens is 1. The van der Waals surface area contributed by atoms with Gasteiger partial charge in [-0.2, -0.15) is 0 Å². The molecule has 1 aromatic heterocycles. The number of benzene rings is 3. The number of phenolic OH excluding ortho intramolecular Hbond substituents is 1. The molecule has 4 aromatic rings. The monoisotopic (exact) mass is 398 g/mol. The van der Waals surface area contributed by atoms with Crippen LogP contribution in [0.1, 0.15) is 27.5 Å². The summed E-state index contributed by atoms with van der Waals surface area (Å²) in [5.41, 5.74) is 2.31. The molecule has 2 heterocycles. The molecule has 0 saturated carbocycles. The summed E-state index contributed by atoms with van der Waals surface area (Å²) >= 11 is 0. The van der Waals surface area contributed by atoms with Gasteiger partial charge in [-0.25, -0.2) is 0 Å². The molecular formula is C24H18N2O4. The number of phenols is 1. The van der Waals surface area contributed by atoms with E-state index < -0.39 is 6.04 Å². The normalized spacial score (nSPS) is 13.2. The van der Waals surface area contributed by atoms with Gasteiger partial charge in [0.2, 0.25) is 6.79 Å². The van der Waals surface area contributed by atoms with Gasteiger partial charge in [0.25, 0.3) is 5.91 Å². The zero-order valence-corrected chi connectivity index (χ0v) is 15.9. The number of fused-ring (bicyclic) bond motifs is 2. The number of hydrogen-bond donors (Lipinski definition) is 2. The van der Waals surface area contributed by atoms with E-state index in [1.165, 1.54) is 0 Å². The Labute approximate surface area is 172 Å². The molecule has 1 aliphatic heterocycles. The fourth-order valence-electron chi connectivity index (χ4n) is 3.62. The van der Waals surface area contributed by atoms with E-state index in [1.54, 1.807) is 30.5 Å². The first-order chi connectivity index (χ1) is 14.7. The Morgan fingerprint density at radius 2 is 1.80 bits per heavy atom. The summed E-state index contributed by atoms with van der Waals surface area (Å²) in [5, 5.41) is 14.8. The lowest BCUT2D eigenvalue weighted by Gasteiger charge is -2.22. The maximum atomic E-state index is 12.9.